The lowest BCUT2D eigenvalue weighted by atomic mass is 9.77. The van der Waals surface area contributed by atoms with E-state index in [1.54, 1.807) is 13.8 Å². The van der Waals surface area contributed by atoms with E-state index in [9.17, 15) is 13.6 Å². The predicted octanol–water partition coefficient (Wildman–Crippen LogP) is 3.71. The van der Waals surface area contributed by atoms with Gasteiger partial charge in [0.15, 0.2) is 11.5 Å². The molecule has 0 bridgehead atoms. The van der Waals surface area contributed by atoms with Crippen molar-refractivity contribution < 1.29 is 28.2 Å². The summed E-state index contributed by atoms with van der Waals surface area (Å²) >= 11 is 0. The number of halogens is 2. The monoisotopic (exact) mass is 314 g/mol. The van der Waals surface area contributed by atoms with E-state index in [-0.39, 0.29) is 23.3 Å². The van der Waals surface area contributed by atoms with Gasteiger partial charge in [0, 0.05) is 24.3 Å². The van der Waals surface area contributed by atoms with Crippen molar-refractivity contribution in [2.45, 2.75) is 45.0 Å². The third-order valence-corrected chi connectivity index (χ3v) is 3.68. The summed E-state index contributed by atoms with van der Waals surface area (Å²) in [4.78, 5) is 11.0. The summed E-state index contributed by atoms with van der Waals surface area (Å²) in [6.45, 7) is 4.91. The number of aliphatic carboxylic acids is 1. The van der Waals surface area contributed by atoms with Gasteiger partial charge in [-0.3, -0.25) is 4.79 Å². The summed E-state index contributed by atoms with van der Waals surface area (Å²) in [6, 6.07) is 2.77. The summed E-state index contributed by atoms with van der Waals surface area (Å²) in [7, 11) is 0. The Bertz CT molecular complexity index is 576. The van der Waals surface area contributed by atoms with Crippen molar-refractivity contribution in [3.05, 3.63) is 23.3 Å². The van der Waals surface area contributed by atoms with E-state index in [0.29, 0.717) is 25.4 Å². The molecule has 1 aliphatic heterocycles. The van der Waals surface area contributed by atoms with E-state index in [1.165, 1.54) is 12.1 Å². The first-order valence-electron chi connectivity index (χ1n) is 7.15. The molecule has 0 amide bonds. The number of carboxylic acid groups (broad SMARTS) is 1. The molecule has 6 heteroatoms. The van der Waals surface area contributed by atoms with Crippen LogP contribution in [0.2, 0.25) is 0 Å². The number of carbonyl (C=O) groups is 1. The molecule has 122 valence electrons. The minimum absolute atomic E-state index is 0.219. The van der Waals surface area contributed by atoms with Gasteiger partial charge in [-0.1, -0.05) is 13.8 Å². The molecule has 1 heterocycles. The Morgan fingerprint density at radius 3 is 2.09 bits per heavy atom. The molecule has 1 N–H and O–H groups in total. The SMILES string of the molecule is CC(F)(F)c1cc2c(cc1C(C)(C)CC(=O)O)OCCCO2. The quantitative estimate of drug-likeness (QED) is 0.920. The molecule has 0 unspecified atom stereocenters. The third-order valence-electron chi connectivity index (χ3n) is 3.68. The van der Waals surface area contributed by atoms with Gasteiger partial charge in [-0.25, -0.2) is 8.78 Å². The van der Waals surface area contributed by atoms with Crippen molar-refractivity contribution in [1.29, 1.82) is 0 Å². The molecule has 0 aliphatic carbocycles. The number of benzene rings is 1. The van der Waals surface area contributed by atoms with Gasteiger partial charge in [0.05, 0.1) is 19.6 Å². The predicted molar refractivity (Wildman–Crippen MR) is 76.9 cm³/mol. The first kappa shape index (κ1) is 16.5. The van der Waals surface area contributed by atoms with Gasteiger partial charge in [0.2, 0.25) is 0 Å². The molecule has 0 radical (unpaired) electrons. The van der Waals surface area contributed by atoms with Crippen LogP contribution in [-0.4, -0.2) is 24.3 Å². The summed E-state index contributed by atoms with van der Waals surface area (Å²) in [5, 5.41) is 9.04. The van der Waals surface area contributed by atoms with Crippen molar-refractivity contribution in [1.82, 2.24) is 0 Å². The molecule has 0 saturated heterocycles. The fourth-order valence-electron chi connectivity index (χ4n) is 2.61. The van der Waals surface area contributed by atoms with Gasteiger partial charge in [0.1, 0.15) is 0 Å². The second kappa shape index (κ2) is 5.74. The maximum absolute atomic E-state index is 14.0. The maximum atomic E-state index is 14.0. The minimum atomic E-state index is -3.10. The number of alkyl halides is 2. The first-order chi connectivity index (χ1) is 10.1. The number of fused-ring (bicyclic) bond motifs is 1. The highest BCUT2D eigenvalue weighted by molar-refractivity contribution is 5.69. The van der Waals surface area contributed by atoms with Gasteiger partial charge in [0.25, 0.3) is 5.92 Å². The highest BCUT2D eigenvalue weighted by Gasteiger charge is 2.36. The van der Waals surface area contributed by atoms with Crippen LogP contribution in [0.4, 0.5) is 8.78 Å². The molecule has 0 atom stereocenters. The zero-order valence-corrected chi connectivity index (χ0v) is 12.9. The molecular formula is C16H20F2O4. The summed E-state index contributed by atoms with van der Waals surface area (Å²) in [6.07, 6.45) is 0.413. The van der Waals surface area contributed by atoms with E-state index in [1.807, 2.05) is 0 Å². The molecule has 4 nitrogen and oxygen atoms in total. The van der Waals surface area contributed by atoms with Crippen LogP contribution in [0.5, 0.6) is 11.5 Å². The number of carboxylic acids is 1. The van der Waals surface area contributed by atoms with Crippen molar-refractivity contribution in [2.24, 2.45) is 0 Å². The Kier molecular flexibility index (Phi) is 4.31. The Morgan fingerprint density at radius 1 is 1.14 bits per heavy atom. The van der Waals surface area contributed by atoms with Crippen molar-refractivity contribution in [3.63, 3.8) is 0 Å². The van der Waals surface area contributed by atoms with Gasteiger partial charge < -0.3 is 14.6 Å². The molecule has 0 spiro atoms. The Hall–Kier alpha value is -1.85. The highest BCUT2D eigenvalue weighted by Crippen LogP contribution is 2.44. The van der Waals surface area contributed by atoms with Crippen LogP contribution in [-0.2, 0) is 16.1 Å². The molecule has 2 rings (SSSR count). The molecule has 22 heavy (non-hydrogen) atoms. The molecule has 1 aliphatic rings. The average molecular weight is 314 g/mol. The number of hydrogen-bond donors (Lipinski definition) is 1. The second-order valence-corrected chi connectivity index (χ2v) is 6.24. The lowest BCUT2D eigenvalue weighted by Gasteiger charge is -2.29. The molecule has 1 aromatic carbocycles. The van der Waals surface area contributed by atoms with Gasteiger partial charge in [-0.05, 0) is 17.7 Å². The van der Waals surface area contributed by atoms with Crippen LogP contribution in [0, 0.1) is 0 Å². The summed E-state index contributed by atoms with van der Waals surface area (Å²) in [5.41, 5.74) is -0.902. The summed E-state index contributed by atoms with van der Waals surface area (Å²) in [5.74, 6) is -3.47. The van der Waals surface area contributed by atoms with Gasteiger partial charge in [-0.15, -0.1) is 0 Å². The van der Waals surface area contributed by atoms with Crippen LogP contribution >= 0.6 is 0 Å². The molecule has 0 aromatic heterocycles. The van der Waals surface area contributed by atoms with E-state index in [2.05, 4.69) is 0 Å². The number of ether oxygens (including phenoxy) is 2. The second-order valence-electron chi connectivity index (χ2n) is 6.24. The first-order valence-corrected chi connectivity index (χ1v) is 7.15. The van der Waals surface area contributed by atoms with E-state index >= 15 is 0 Å². The lowest BCUT2D eigenvalue weighted by Crippen LogP contribution is -2.26. The Labute approximate surface area is 128 Å². The van der Waals surface area contributed by atoms with Crippen molar-refractivity contribution in [2.75, 3.05) is 13.2 Å². The third kappa shape index (κ3) is 3.48. The number of rotatable bonds is 4. The molecule has 0 saturated carbocycles. The maximum Gasteiger partial charge on any atom is 0.304 e. The smallest absolute Gasteiger partial charge is 0.304 e. The summed E-state index contributed by atoms with van der Waals surface area (Å²) < 4.78 is 39.0. The Morgan fingerprint density at radius 2 is 1.64 bits per heavy atom. The molecular weight excluding hydrogens is 294 g/mol. The van der Waals surface area contributed by atoms with E-state index < -0.39 is 17.3 Å². The molecule has 1 aromatic rings. The van der Waals surface area contributed by atoms with Gasteiger partial charge >= 0.3 is 5.97 Å². The standard InChI is InChI=1S/C16H20F2O4/c1-15(2,9-14(19)20)10-7-12-13(22-6-4-5-21-12)8-11(10)16(3,17)18/h7-8H,4-6,9H2,1-3H3,(H,19,20). The van der Waals surface area contributed by atoms with E-state index in [0.717, 1.165) is 6.92 Å². The van der Waals surface area contributed by atoms with Crippen molar-refractivity contribution >= 4 is 5.97 Å². The lowest BCUT2D eigenvalue weighted by molar-refractivity contribution is -0.138. The van der Waals surface area contributed by atoms with Gasteiger partial charge in [-0.2, -0.15) is 0 Å². The normalized spacial score (nSPS) is 15.3. The fraction of sp³-hybridized carbons (Fsp3) is 0.562. The van der Waals surface area contributed by atoms with Crippen LogP contribution in [0.15, 0.2) is 12.1 Å². The zero-order valence-electron chi connectivity index (χ0n) is 12.9. The minimum Gasteiger partial charge on any atom is -0.490 e. The average Bonchev–Trinajstić information content (AvgIpc) is 2.59. The fourth-order valence-corrected chi connectivity index (χ4v) is 2.61. The number of hydrogen-bond acceptors (Lipinski definition) is 3. The topological polar surface area (TPSA) is 55.8 Å². The van der Waals surface area contributed by atoms with Crippen molar-refractivity contribution in [3.8, 4) is 11.5 Å². The largest absolute Gasteiger partial charge is 0.490 e. The Balaban J connectivity index is 2.60. The highest BCUT2D eigenvalue weighted by atomic mass is 19.3. The zero-order chi connectivity index (χ0) is 16.5. The van der Waals surface area contributed by atoms with E-state index in [4.69, 9.17) is 14.6 Å². The van der Waals surface area contributed by atoms with Crippen LogP contribution < -0.4 is 9.47 Å². The van der Waals surface area contributed by atoms with Crippen LogP contribution in [0.25, 0.3) is 0 Å². The van der Waals surface area contributed by atoms with Crippen LogP contribution in [0.3, 0.4) is 0 Å². The van der Waals surface area contributed by atoms with Crippen LogP contribution in [0.1, 0.15) is 44.7 Å². The molecule has 0 fully saturated rings.